The van der Waals surface area contributed by atoms with Crippen LogP contribution in [0.1, 0.15) is 43.5 Å². The van der Waals surface area contributed by atoms with Crippen LogP contribution in [0.4, 0.5) is 0 Å². The molecule has 214 valence electrons. The Kier molecular flexibility index (Phi) is 7.82. The Balaban J connectivity index is 1.51. The minimum atomic E-state index is -3.81. The molecule has 0 saturated heterocycles. The van der Waals surface area contributed by atoms with Gasteiger partial charge in [0.05, 0.1) is 0 Å². The Morgan fingerprint density at radius 1 is 0.595 bits per heavy atom. The van der Waals surface area contributed by atoms with Gasteiger partial charge >= 0.3 is 254 Å². The predicted molar refractivity (Wildman–Crippen MR) is 179 cm³/mol. The quantitative estimate of drug-likeness (QED) is 0.168. The molecule has 2 atom stereocenters. The summed E-state index contributed by atoms with van der Waals surface area (Å²) in [4.78, 5) is 0. The fraction of sp³-hybridized carbons (Fsp3) is 0.263. The zero-order chi connectivity index (χ0) is 29.5. The van der Waals surface area contributed by atoms with Gasteiger partial charge in [-0.15, -0.1) is 0 Å². The molecule has 2 aliphatic rings. The predicted octanol–water partition coefficient (Wildman–Crippen LogP) is 10.7. The maximum atomic E-state index is 5.44. The van der Waals surface area contributed by atoms with E-state index in [9.17, 15) is 0 Å². The van der Waals surface area contributed by atoms with E-state index in [-0.39, 0.29) is 0 Å². The molecule has 0 aliphatic heterocycles. The van der Waals surface area contributed by atoms with Gasteiger partial charge in [-0.25, -0.2) is 0 Å². The van der Waals surface area contributed by atoms with Crippen LogP contribution in [0.25, 0.3) is 34.4 Å². The van der Waals surface area contributed by atoms with Crippen molar-refractivity contribution in [1.29, 1.82) is 0 Å². The monoisotopic (exact) mass is 738 g/mol. The van der Waals surface area contributed by atoms with Crippen molar-refractivity contribution in [3.05, 3.63) is 119 Å². The molecule has 0 amide bonds. The van der Waals surface area contributed by atoms with Crippen molar-refractivity contribution >= 4 is 17.6 Å². The van der Waals surface area contributed by atoms with E-state index >= 15 is 0 Å². The number of fused-ring (bicyclic) bond motifs is 2. The van der Waals surface area contributed by atoms with E-state index in [1.165, 1.54) is 45.5 Å². The van der Waals surface area contributed by atoms with Gasteiger partial charge in [-0.2, -0.15) is 0 Å². The van der Waals surface area contributed by atoms with Crippen molar-refractivity contribution in [3.63, 3.8) is 0 Å². The molecule has 42 heavy (non-hydrogen) atoms. The maximum absolute atomic E-state index is 5.44. The number of benzene rings is 4. The van der Waals surface area contributed by atoms with Gasteiger partial charge in [-0.3, -0.25) is 0 Å². The fourth-order valence-corrected chi connectivity index (χ4v) is 64.5. The zero-order valence-corrected chi connectivity index (χ0v) is 30.4. The van der Waals surface area contributed by atoms with Crippen molar-refractivity contribution in [2.24, 2.45) is 0 Å². The van der Waals surface area contributed by atoms with E-state index in [0.717, 1.165) is 11.5 Å². The average molecular weight is 737 g/mol. The number of rotatable bonds is 8. The van der Waals surface area contributed by atoms with Gasteiger partial charge in [0.1, 0.15) is 0 Å². The van der Waals surface area contributed by atoms with Gasteiger partial charge < -0.3 is 0 Å². The van der Waals surface area contributed by atoms with Gasteiger partial charge in [0.15, 0.2) is 0 Å². The van der Waals surface area contributed by atoms with Crippen LogP contribution in [-0.2, 0) is 17.1 Å². The number of methoxy groups -OCH3 is 2. The van der Waals surface area contributed by atoms with Gasteiger partial charge in [-0.1, -0.05) is 0 Å². The molecule has 2 aliphatic carbocycles. The molecule has 2 unspecified atom stereocenters. The van der Waals surface area contributed by atoms with Gasteiger partial charge in [0.25, 0.3) is 0 Å². The van der Waals surface area contributed by atoms with E-state index in [4.69, 9.17) is 9.47 Å². The van der Waals surface area contributed by atoms with Crippen LogP contribution >= 0.6 is 0 Å². The number of hydrogen-bond donors (Lipinski definition) is 0. The number of hydrogen-bond acceptors (Lipinski definition) is 2. The first-order chi connectivity index (χ1) is 20.3. The Labute approximate surface area is 252 Å². The molecule has 2 nitrogen and oxygen atoms in total. The van der Waals surface area contributed by atoms with E-state index in [1.807, 2.05) is 0 Å². The molecule has 0 aromatic heterocycles. The van der Waals surface area contributed by atoms with Crippen molar-refractivity contribution in [2.45, 2.75) is 42.6 Å². The third-order valence-electron chi connectivity index (χ3n) is 10.5. The molecule has 0 saturated carbocycles. The van der Waals surface area contributed by atoms with E-state index < -0.39 is 22.6 Å². The topological polar surface area (TPSA) is 18.5 Å². The summed E-state index contributed by atoms with van der Waals surface area (Å²) < 4.78 is 17.6. The molecule has 0 N–H and O–H groups in total. The van der Waals surface area contributed by atoms with E-state index in [0.29, 0.717) is 7.35 Å². The first-order valence-corrected chi connectivity index (χ1v) is 33.9. The molecule has 0 radical (unpaired) electrons. The minimum absolute atomic E-state index is 0.536. The summed E-state index contributed by atoms with van der Waals surface area (Å²) in [5.74, 6) is 1.80. The molecular weight excluding hydrogens is 695 g/mol. The summed E-state index contributed by atoms with van der Waals surface area (Å²) >= 11 is -3.81. The van der Waals surface area contributed by atoms with Crippen LogP contribution in [0.15, 0.2) is 97.1 Å². The zero-order valence-electron chi connectivity index (χ0n) is 25.8. The van der Waals surface area contributed by atoms with Crippen LogP contribution in [0.2, 0.25) is 21.4 Å². The van der Waals surface area contributed by atoms with Gasteiger partial charge in [-0.05, 0) is 0 Å². The second-order valence-corrected chi connectivity index (χ2v) is 59.0. The summed E-state index contributed by atoms with van der Waals surface area (Å²) in [6, 6.07) is 33.8. The van der Waals surface area contributed by atoms with Crippen molar-refractivity contribution in [2.75, 3.05) is 14.2 Å². The molecule has 0 spiro atoms. The van der Waals surface area contributed by atoms with E-state index in [1.54, 1.807) is 25.3 Å². The number of allylic oxidation sites excluding steroid dienone is 2. The van der Waals surface area contributed by atoms with Gasteiger partial charge in [0.2, 0.25) is 0 Å². The van der Waals surface area contributed by atoms with E-state index in [2.05, 4.69) is 132 Å². The van der Waals surface area contributed by atoms with Gasteiger partial charge in [0, 0.05) is 0 Å². The normalized spacial score (nSPS) is 17.2. The van der Waals surface area contributed by atoms with Crippen molar-refractivity contribution in [1.82, 2.24) is 0 Å². The number of ether oxygens (including phenoxy) is 2. The van der Waals surface area contributed by atoms with Crippen LogP contribution in [0, 0.1) is 0 Å². The standard InChI is InChI=1S/2C16H13O.C4H10Si.2CH3.Hf/c2*1-17-14-10-8-13(9-11-14)16-7-3-5-12-4-2-6-15(12)16;1-3-5-4-2;;;/h2*2-11H,1H3;3-4H2,1-2H3;2*1H3;. The average Bonchev–Trinajstić information content (AvgIpc) is 3.68. The SMILES string of the molecule is CC[Si](CC)=[Hf]([CH3])([CH3])([CH]1C=Cc2c(-c3ccc(OC)cc3)cccc21)[CH]1C=Cc2c(-c3ccc(OC)cc3)cccc21. The molecule has 4 heteroatoms. The molecule has 4 aromatic rings. The summed E-state index contributed by atoms with van der Waals surface area (Å²) in [7, 11) is 3.46. The van der Waals surface area contributed by atoms with Crippen LogP contribution < -0.4 is 9.47 Å². The van der Waals surface area contributed by atoms with Crippen LogP contribution in [0.3, 0.4) is 0 Å². The fourth-order valence-electron chi connectivity index (χ4n) is 8.27. The Bertz CT molecular complexity index is 1650. The first-order valence-electron chi connectivity index (χ1n) is 15.3. The second-order valence-electron chi connectivity index (χ2n) is 12.7. The summed E-state index contributed by atoms with van der Waals surface area (Å²) in [5, 5.41) is 0. The Morgan fingerprint density at radius 2 is 1.00 bits per heavy atom. The summed E-state index contributed by atoms with van der Waals surface area (Å²) in [6.45, 7) is 4.95. The first kappa shape index (κ1) is 29.1. The van der Waals surface area contributed by atoms with Crippen molar-refractivity contribution < 1.29 is 26.6 Å². The van der Waals surface area contributed by atoms with Crippen LogP contribution in [-0.4, -0.2) is 19.7 Å². The Morgan fingerprint density at radius 3 is 1.36 bits per heavy atom. The third-order valence-corrected chi connectivity index (χ3v) is 68.6. The molecule has 0 bridgehead atoms. The molecule has 0 fully saturated rings. The van der Waals surface area contributed by atoms with Crippen molar-refractivity contribution in [3.8, 4) is 33.8 Å². The summed E-state index contributed by atoms with van der Waals surface area (Å²) in [5.41, 5.74) is 10.5. The molecule has 6 rings (SSSR count). The Hall–Kier alpha value is -2.95. The molecular formula is C38H42HfO2Si. The summed E-state index contributed by atoms with van der Waals surface area (Å²) in [6.07, 6.45) is 10.2. The second kappa shape index (κ2) is 11.3. The van der Waals surface area contributed by atoms with Crippen LogP contribution in [0.5, 0.6) is 11.5 Å². The third kappa shape index (κ3) is 4.53. The molecule has 0 heterocycles. The molecule has 4 aromatic carbocycles.